The van der Waals surface area contributed by atoms with Crippen molar-refractivity contribution in [2.75, 3.05) is 6.61 Å². The van der Waals surface area contributed by atoms with Gasteiger partial charge in [-0.25, -0.2) is 0 Å². The zero-order chi connectivity index (χ0) is 16.2. The Morgan fingerprint density at radius 3 is 2.13 bits per heavy atom. The lowest BCUT2D eigenvalue weighted by molar-refractivity contribution is 0.0417. The molecule has 0 radical (unpaired) electrons. The molecule has 130 valence electrons. The van der Waals surface area contributed by atoms with Gasteiger partial charge in [0.25, 0.3) is 0 Å². The number of hydrogen-bond acceptors (Lipinski definition) is 1. The minimum Gasteiger partial charge on any atom is -0.378 e. The van der Waals surface area contributed by atoms with Crippen molar-refractivity contribution in [3.63, 3.8) is 0 Å². The SMILES string of the molecule is CCCCCCCCCCCCOC1CCc2ccccc2C1. The molecule has 1 heteroatoms. The average molecular weight is 317 g/mol. The van der Waals surface area contributed by atoms with Gasteiger partial charge in [-0.1, -0.05) is 89.0 Å². The number of aryl methyl sites for hydroxylation is 1. The van der Waals surface area contributed by atoms with E-state index in [1.54, 1.807) is 0 Å². The molecular formula is C22H36O. The predicted octanol–water partition coefficient (Wildman–Crippen LogP) is 6.48. The molecule has 1 aliphatic carbocycles. The fourth-order valence-electron chi connectivity index (χ4n) is 3.65. The van der Waals surface area contributed by atoms with Gasteiger partial charge in [0.05, 0.1) is 6.10 Å². The molecule has 0 amide bonds. The highest BCUT2D eigenvalue weighted by atomic mass is 16.5. The summed E-state index contributed by atoms with van der Waals surface area (Å²) in [4.78, 5) is 0. The quantitative estimate of drug-likeness (QED) is 0.401. The Bertz CT molecular complexity index is 412. The number of benzene rings is 1. The molecule has 1 aromatic rings. The van der Waals surface area contributed by atoms with Gasteiger partial charge in [0.15, 0.2) is 0 Å². The number of rotatable bonds is 12. The summed E-state index contributed by atoms with van der Waals surface area (Å²) in [6.07, 6.45) is 17.9. The number of ether oxygens (including phenoxy) is 1. The highest BCUT2D eigenvalue weighted by Gasteiger charge is 2.18. The van der Waals surface area contributed by atoms with Crippen molar-refractivity contribution >= 4 is 0 Å². The fourth-order valence-corrected chi connectivity index (χ4v) is 3.65. The van der Waals surface area contributed by atoms with Gasteiger partial charge in [-0.05, 0) is 36.8 Å². The summed E-state index contributed by atoms with van der Waals surface area (Å²) >= 11 is 0. The van der Waals surface area contributed by atoms with Gasteiger partial charge >= 0.3 is 0 Å². The molecule has 1 unspecified atom stereocenters. The number of unbranched alkanes of at least 4 members (excludes halogenated alkanes) is 9. The summed E-state index contributed by atoms with van der Waals surface area (Å²) < 4.78 is 6.11. The molecule has 0 fully saturated rings. The second-order valence-corrected chi connectivity index (χ2v) is 7.19. The topological polar surface area (TPSA) is 9.23 Å². The van der Waals surface area contributed by atoms with Crippen LogP contribution in [0.5, 0.6) is 0 Å². The van der Waals surface area contributed by atoms with Crippen LogP contribution in [0.2, 0.25) is 0 Å². The third-order valence-corrected chi connectivity index (χ3v) is 5.15. The van der Waals surface area contributed by atoms with Gasteiger partial charge in [-0.15, -0.1) is 0 Å². The highest BCUT2D eigenvalue weighted by molar-refractivity contribution is 5.29. The van der Waals surface area contributed by atoms with Gasteiger partial charge in [0.1, 0.15) is 0 Å². The standard InChI is InChI=1S/C22H36O/c1-2-3-4-5-6-7-8-9-10-13-18-23-22-17-16-20-14-11-12-15-21(20)19-22/h11-12,14-15,22H,2-10,13,16-19H2,1H3. The van der Waals surface area contributed by atoms with Gasteiger partial charge < -0.3 is 4.74 Å². The molecular weight excluding hydrogens is 280 g/mol. The van der Waals surface area contributed by atoms with Crippen molar-refractivity contribution in [1.82, 2.24) is 0 Å². The zero-order valence-electron chi connectivity index (χ0n) is 15.2. The van der Waals surface area contributed by atoms with E-state index in [-0.39, 0.29) is 0 Å². The summed E-state index contributed by atoms with van der Waals surface area (Å²) in [5.41, 5.74) is 3.04. The molecule has 1 atom stereocenters. The Morgan fingerprint density at radius 1 is 0.826 bits per heavy atom. The zero-order valence-corrected chi connectivity index (χ0v) is 15.2. The molecule has 0 aliphatic heterocycles. The van der Waals surface area contributed by atoms with E-state index in [4.69, 9.17) is 4.74 Å². The fraction of sp³-hybridized carbons (Fsp3) is 0.727. The first-order valence-corrected chi connectivity index (χ1v) is 10.1. The van der Waals surface area contributed by atoms with E-state index < -0.39 is 0 Å². The Kier molecular flexibility index (Phi) is 9.40. The van der Waals surface area contributed by atoms with Crippen molar-refractivity contribution in [1.29, 1.82) is 0 Å². The lowest BCUT2D eigenvalue weighted by atomic mass is 9.90. The summed E-state index contributed by atoms with van der Waals surface area (Å²) in [6.45, 7) is 3.25. The first-order chi connectivity index (χ1) is 11.4. The van der Waals surface area contributed by atoms with E-state index in [2.05, 4.69) is 31.2 Å². The molecule has 0 spiro atoms. The Balaban J connectivity index is 1.41. The van der Waals surface area contributed by atoms with Gasteiger partial charge in [-0.2, -0.15) is 0 Å². The van der Waals surface area contributed by atoms with E-state index in [1.807, 2.05) is 0 Å². The normalized spacial score (nSPS) is 17.2. The van der Waals surface area contributed by atoms with E-state index in [1.165, 1.54) is 88.2 Å². The molecule has 0 aromatic heterocycles. The van der Waals surface area contributed by atoms with Crippen molar-refractivity contribution in [2.24, 2.45) is 0 Å². The van der Waals surface area contributed by atoms with Crippen LogP contribution in [-0.4, -0.2) is 12.7 Å². The third-order valence-electron chi connectivity index (χ3n) is 5.15. The molecule has 1 nitrogen and oxygen atoms in total. The molecule has 0 heterocycles. The van der Waals surface area contributed by atoms with Crippen LogP contribution in [0.4, 0.5) is 0 Å². The van der Waals surface area contributed by atoms with E-state index >= 15 is 0 Å². The molecule has 0 saturated carbocycles. The Labute approximate surface area is 143 Å². The molecule has 2 rings (SSSR count). The lowest BCUT2D eigenvalue weighted by Gasteiger charge is -2.24. The molecule has 0 N–H and O–H groups in total. The Hall–Kier alpha value is -0.820. The van der Waals surface area contributed by atoms with Crippen LogP contribution < -0.4 is 0 Å². The maximum Gasteiger partial charge on any atom is 0.0618 e. The maximum absolute atomic E-state index is 6.11. The summed E-state index contributed by atoms with van der Waals surface area (Å²) in [5, 5.41) is 0. The van der Waals surface area contributed by atoms with Crippen molar-refractivity contribution in [2.45, 2.75) is 96.5 Å². The van der Waals surface area contributed by atoms with E-state index in [0.717, 1.165) is 13.0 Å². The largest absolute Gasteiger partial charge is 0.378 e. The second-order valence-electron chi connectivity index (χ2n) is 7.19. The molecule has 1 aliphatic rings. The van der Waals surface area contributed by atoms with Crippen molar-refractivity contribution in [3.8, 4) is 0 Å². The minimum atomic E-state index is 0.462. The summed E-state index contributed by atoms with van der Waals surface area (Å²) in [7, 11) is 0. The average Bonchev–Trinajstić information content (AvgIpc) is 2.59. The molecule has 0 bridgehead atoms. The van der Waals surface area contributed by atoms with Gasteiger partial charge in [0.2, 0.25) is 0 Å². The summed E-state index contributed by atoms with van der Waals surface area (Å²) in [5.74, 6) is 0. The monoisotopic (exact) mass is 316 g/mol. The molecule has 23 heavy (non-hydrogen) atoms. The van der Waals surface area contributed by atoms with Crippen LogP contribution in [0, 0.1) is 0 Å². The lowest BCUT2D eigenvalue weighted by Crippen LogP contribution is -2.22. The van der Waals surface area contributed by atoms with Crippen molar-refractivity contribution < 1.29 is 4.74 Å². The highest BCUT2D eigenvalue weighted by Crippen LogP contribution is 2.23. The first-order valence-electron chi connectivity index (χ1n) is 10.1. The molecule has 0 saturated heterocycles. The van der Waals surface area contributed by atoms with Crippen LogP contribution in [0.25, 0.3) is 0 Å². The number of hydrogen-bond donors (Lipinski definition) is 0. The van der Waals surface area contributed by atoms with Crippen LogP contribution in [-0.2, 0) is 17.6 Å². The van der Waals surface area contributed by atoms with Crippen LogP contribution >= 0.6 is 0 Å². The maximum atomic E-state index is 6.11. The van der Waals surface area contributed by atoms with Crippen LogP contribution in [0.1, 0.15) is 88.7 Å². The Morgan fingerprint density at radius 2 is 1.43 bits per heavy atom. The van der Waals surface area contributed by atoms with Gasteiger partial charge in [-0.3, -0.25) is 0 Å². The van der Waals surface area contributed by atoms with E-state index in [9.17, 15) is 0 Å². The van der Waals surface area contributed by atoms with Crippen molar-refractivity contribution in [3.05, 3.63) is 35.4 Å². The second kappa shape index (κ2) is 11.7. The van der Waals surface area contributed by atoms with Crippen LogP contribution in [0.3, 0.4) is 0 Å². The first kappa shape index (κ1) is 18.5. The van der Waals surface area contributed by atoms with Gasteiger partial charge in [0, 0.05) is 6.61 Å². The predicted molar refractivity (Wildman–Crippen MR) is 100 cm³/mol. The van der Waals surface area contributed by atoms with E-state index in [0.29, 0.717) is 6.10 Å². The molecule has 1 aromatic carbocycles. The smallest absolute Gasteiger partial charge is 0.0618 e. The third kappa shape index (κ3) is 7.52. The number of fused-ring (bicyclic) bond motifs is 1. The van der Waals surface area contributed by atoms with Crippen LogP contribution in [0.15, 0.2) is 24.3 Å². The minimum absolute atomic E-state index is 0.462. The summed E-state index contributed by atoms with van der Waals surface area (Å²) in [6, 6.07) is 8.85.